The van der Waals surface area contributed by atoms with Crippen LogP contribution in [0.3, 0.4) is 0 Å². The molecular formula is C79H106N8O16Si2. The number of amides is 6. The predicted molar refractivity (Wildman–Crippen MR) is 411 cm³/mol. The van der Waals surface area contributed by atoms with Gasteiger partial charge in [0, 0.05) is 61.0 Å². The summed E-state index contributed by atoms with van der Waals surface area (Å²) in [5.41, 5.74) is 5.89. The fraction of sp³-hybridized carbons (Fsp3) is 0.468. The number of nitrogens with zero attached hydrogens (tertiary/aromatic N) is 4. The molecule has 0 aliphatic carbocycles. The molecule has 566 valence electrons. The molecule has 4 aliphatic rings. The van der Waals surface area contributed by atoms with Crippen molar-refractivity contribution < 1.29 is 75.5 Å². The third-order valence-corrected chi connectivity index (χ3v) is 28.5. The quantitative estimate of drug-likeness (QED) is 0.0170. The second kappa shape index (κ2) is 35.0. The first-order chi connectivity index (χ1) is 49.6. The smallest absolute Gasteiger partial charge is 0.416 e. The van der Waals surface area contributed by atoms with E-state index >= 15 is 0 Å². The summed E-state index contributed by atoms with van der Waals surface area (Å²) >= 11 is 0. The summed E-state index contributed by atoms with van der Waals surface area (Å²) in [6, 6.07) is 18.1. The summed E-state index contributed by atoms with van der Waals surface area (Å²) in [5.74, 6) is 6.44. The molecule has 4 N–H and O–H groups in total. The van der Waals surface area contributed by atoms with E-state index in [9.17, 15) is 28.8 Å². The minimum atomic E-state index is -2.69. The normalized spacial score (nSPS) is 17.7. The Bertz CT molecular complexity index is 3820. The summed E-state index contributed by atoms with van der Waals surface area (Å²) in [5, 5.41) is 11.9. The van der Waals surface area contributed by atoms with Gasteiger partial charge in [-0.05, 0) is 135 Å². The fourth-order valence-corrected chi connectivity index (χ4v) is 14.2. The van der Waals surface area contributed by atoms with Crippen molar-refractivity contribution in [2.24, 2.45) is 5.92 Å². The molecule has 0 aromatic heterocycles. The predicted octanol–water partition coefficient (Wildman–Crippen LogP) is 14.7. The van der Waals surface area contributed by atoms with Crippen LogP contribution in [0.1, 0.15) is 132 Å². The molecule has 26 heteroatoms. The van der Waals surface area contributed by atoms with Gasteiger partial charge in [0.15, 0.2) is 52.1 Å². The van der Waals surface area contributed by atoms with E-state index in [4.69, 9.17) is 46.7 Å². The van der Waals surface area contributed by atoms with Crippen LogP contribution in [-0.2, 0) is 47.6 Å². The van der Waals surface area contributed by atoms with Crippen LogP contribution >= 0.6 is 0 Å². The molecule has 8 rings (SSSR count). The highest BCUT2D eigenvalue weighted by molar-refractivity contribution is 6.74. The van der Waals surface area contributed by atoms with Gasteiger partial charge in [0.05, 0.1) is 55.3 Å². The van der Waals surface area contributed by atoms with Crippen LogP contribution in [0, 0.1) is 17.8 Å². The maximum absolute atomic E-state index is 14.9. The van der Waals surface area contributed by atoms with Crippen molar-refractivity contribution in [3.63, 3.8) is 0 Å². The molecular weight excluding hydrogens is 1370 g/mol. The number of benzene rings is 4. The number of rotatable bonds is 29. The number of carbonyl (C=O) groups excluding carboxylic acids is 6. The number of ether oxygens (including phenoxy) is 8. The molecule has 4 aromatic rings. The largest absolute Gasteiger partial charge is 0.493 e. The van der Waals surface area contributed by atoms with Crippen molar-refractivity contribution in [1.82, 2.24) is 25.8 Å². The second-order valence-corrected chi connectivity index (χ2v) is 39.6. The van der Waals surface area contributed by atoms with Crippen molar-refractivity contribution in [1.29, 1.82) is 0 Å². The third-order valence-electron chi connectivity index (χ3n) is 19.6. The third kappa shape index (κ3) is 20.1. The molecule has 6 amide bonds. The van der Waals surface area contributed by atoms with Crippen LogP contribution in [0.4, 0.5) is 36.2 Å². The maximum Gasteiger partial charge on any atom is 0.416 e. The molecule has 4 aliphatic heterocycles. The van der Waals surface area contributed by atoms with E-state index in [-0.39, 0.29) is 132 Å². The molecule has 0 bridgehead atoms. The second-order valence-electron chi connectivity index (χ2n) is 30.1. The highest BCUT2D eigenvalue weighted by atomic mass is 28.4. The first-order valence-corrected chi connectivity index (χ1v) is 41.3. The van der Waals surface area contributed by atoms with Crippen molar-refractivity contribution in [2.75, 3.05) is 68.8 Å². The molecule has 0 spiro atoms. The van der Waals surface area contributed by atoms with Crippen molar-refractivity contribution in [3.05, 3.63) is 162 Å². The van der Waals surface area contributed by atoms with E-state index in [1.807, 2.05) is 77.1 Å². The molecule has 0 unspecified atom stereocenters. The summed E-state index contributed by atoms with van der Waals surface area (Å²) in [4.78, 5) is 90.6. The van der Waals surface area contributed by atoms with Gasteiger partial charge in [0.25, 0.3) is 11.8 Å². The van der Waals surface area contributed by atoms with Gasteiger partial charge in [-0.2, -0.15) is 0 Å². The Kier molecular flexibility index (Phi) is 27.1. The lowest BCUT2D eigenvalue weighted by Crippen LogP contribution is -2.57. The van der Waals surface area contributed by atoms with Crippen LogP contribution in [0.25, 0.3) is 0 Å². The summed E-state index contributed by atoms with van der Waals surface area (Å²) in [7, 11) is -2.46. The Morgan fingerprint density at radius 2 is 1.07 bits per heavy atom. The Morgan fingerprint density at radius 1 is 0.600 bits per heavy atom. The molecule has 0 radical (unpaired) electrons. The van der Waals surface area contributed by atoms with Gasteiger partial charge in [-0.1, -0.05) is 128 Å². The zero-order valence-corrected chi connectivity index (χ0v) is 66.0. The average molecular weight is 1480 g/mol. The van der Waals surface area contributed by atoms with Crippen molar-refractivity contribution in [3.8, 4) is 34.8 Å². The van der Waals surface area contributed by atoms with Crippen LogP contribution in [0.5, 0.6) is 23.0 Å². The lowest BCUT2D eigenvalue weighted by atomic mass is 10.0. The number of hydrogen-bond donors (Lipinski definition) is 4. The van der Waals surface area contributed by atoms with Gasteiger partial charge in [-0.3, -0.25) is 9.59 Å². The summed E-state index contributed by atoms with van der Waals surface area (Å²) in [6.07, 6.45) is 4.33. The number of anilines is 3. The molecule has 4 heterocycles. The van der Waals surface area contributed by atoms with Gasteiger partial charge < -0.3 is 77.8 Å². The molecule has 24 nitrogen and oxygen atoms in total. The lowest BCUT2D eigenvalue weighted by Gasteiger charge is -2.44. The first kappa shape index (κ1) is 81.1. The van der Waals surface area contributed by atoms with Crippen LogP contribution in [-0.4, -0.2) is 153 Å². The van der Waals surface area contributed by atoms with Crippen molar-refractivity contribution >= 4 is 69.9 Å². The standard InChI is InChI=1S/C79H106N8O16Si2/c1-21-31-96-75(91)83-61(50(4)5)44-81-53(8)43-82-58-28-26-54(27-29-58)47-101-74(90)80-30-24-25-55-36-56(48-99-68-41-62-59(39-66(68)94-15)70(88)84-45-51(6)34-64(84)72(86(62)76(92)97-32-22-2)102-104(17,18)78(9,10)11)38-57(37-55)49-100-69-42-63-60(40-67(69)95-16)71(89)85-46-52(7)35-65(85)73(87(63)77(93)98-33-23-3)103-105(19,20)79(12,13)14/h21-23,26-29,36-42,45-46,50,53,61,64-65,72-73,81-82H,1-3,30-35,43-44,47-49H2,4-20H3,(H,80,90)(H,83,91)/t53-,61+,64-,65-,72-,73-/m0/s1. The number of alkyl carbamates (subject to hydrolysis) is 2. The molecule has 6 atom stereocenters. The topological polar surface area (TPSA) is 256 Å². The van der Waals surface area contributed by atoms with Gasteiger partial charge in [0.1, 0.15) is 39.6 Å². The first-order valence-electron chi connectivity index (χ1n) is 35.4. The van der Waals surface area contributed by atoms with Gasteiger partial charge >= 0.3 is 24.4 Å². The van der Waals surface area contributed by atoms with Crippen LogP contribution < -0.4 is 50.0 Å². The Balaban J connectivity index is 1.09. The Labute approximate surface area is 621 Å². The fourth-order valence-electron chi connectivity index (χ4n) is 11.8. The highest BCUT2D eigenvalue weighted by Gasteiger charge is 2.53. The Morgan fingerprint density at radius 3 is 1.50 bits per heavy atom. The van der Waals surface area contributed by atoms with E-state index < -0.39 is 65.5 Å². The van der Waals surface area contributed by atoms with Crippen molar-refractivity contribution in [2.45, 2.75) is 182 Å². The van der Waals surface area contributed by atoms with E-state index in [2.05, 4.69) is 121 Å². The van der Waals surface area contributed by atoms with E-state index in [0.717, 1.165) is 22.4 Å². The minimum Gasteiger partial charge on any atom is -0.493 e. The van der Waals surface area contributed by atoms with E-state index in [0.29, 0.717) is 42.6 Å². The minimum absolute atomic E-state index is 0.00417. The number of hydrogen-bond acceptors (Lipinski definition) is 18. The molecule has 4 aromatic carbocycles. The number of methoxy groups -OCH3 is 2. The molecule has 0 saturated carbocycles. The maximum atomic E-state index is 14.9. The van der Waals surface area contributed by atoms with E-state index in [1.54, 1.807) is 46.5 Å². The van der Waals surface area contributed by atoms with E-state index in [1.165, 1.54) is 42.2 Å². The SMILES string of the molecule is C=CCOC(=O)N[C@H](CN[C@@H](C)CNc1ccc(COC(=O)NCC#Cc2cc(COc3cc4c(cc3OC)C(=O)N3C=C(C)C[C@H]3[C@H](O[Si](C)(C)C(C)(C)C)N4C(=O)OCC=C)cc(COc3cc4c(cc3OC)C(=O)N3C=C(C)C[C@H]3[C@H](O[Si](C)(C)C(C)(C)C)N4C(=O)OCC=C)c2)cc1)C(C)C. The van der Waals surface area contributed by atoms with Crippen LogP contribution in [0.15, 0.2) is 128 Å². The number of carbonyl (C=O) groups is 6. The summed E-state index contributed by atoms with van der Waals surface area (Å²) in [6.45, 7) is 42.9. The molecule has 105 heavy (non-hydrogen) atoms. The van der Waals surface area contributed by atoms with Gasteiger partial charge in [-0.15, -0.1) is 0 Å². The van der Waals surface area contributed by atoms with Crippen LogP contribution in [0.2, 0.25) is 36.3 Å². The molecule has 0 saturated heterocycles. The van der Waals surface area contributed by atoms with Gasteiger partial charge in [0.2, 0.25) is 0 Å². The number of nitrogens with one attached hydrogen (secondary N) is 4. The monoisotopic (exact) mass is 1480 g/mol. The van der Waals surface area contributed by atoms with Gasteiger partial charge in [-0.25, -0.2) is 29.0 Å². The molecule has 0 fully saturated rings. The average Bonchev–Trinajstić information content (AvgIpc) is 1.62. The zero-order valence-electron chi connectivity index (χ0n) is 64.0. The zero-order chi connectivity index (χ0) is 76.9. The highest BCUT2D eigenvalue weighted by Crippen LogP contribution is 2.48. The summed E-state index contributed by atoms with van der Waals surface area (Å²) < 4.78 is 62.1. The lowest BCUT2D eigenvalue weighted by molar-refractivity contribution is 0.0587. The number of fused-ring (bicyclic) bond motifs is 4. The Hall–Kier alpha value is -9.53.